The van der Waals surface area contributed by atoms with Crippen LogP contribution in [0.2, 0.25) is 0 Å². The average molecular weight is 499 g/mol. The van der Waals surface area contributed by atoms with Gasteiger partial charge in [-0.1, -0.05) is 18.3 Å². The standard InChI is InChI=1S/C25H30N4O5S/c1-6-16(2)29(24(31)20-12-11-19(33-4)15-21(20)34-5)14-13-22(30)26-25-28-27-23(35-25)17-7-9-18(32-3)10-8-17/h7-12,15-16H,6,13-14H2,1-5H3,(H,26,28,30). The molecule has 10 heteroatoms. The number of carbonyl (C=O) groups excluding carboxylic acids is 2. The molecule has 1 atom stereocenters. The van der Waals surface area contributed by atoms with Crippen molar-refractivity contribution in [3.63, 3.8) is 0 Å². The lowest BCUT2D eigenvalue weighted by molar-refractivity contribution is -0.116. The number of hydrogen-bond donors (Lipinski definition) is 1. The van der Waals surface area contributed by atoms with Crippen LogP contribution in [0.4, 0.5) is 5.13 Å². The molecule has 0 aliphatic rings. The highest BCUT2D eigenvalue weighted by molar-refractivity contribution is 7.18. The summed E-state index contributed by atoms with van der Waals surface area (Å²) >= 11 is 1.28. The largest absolute Gasteiger partial charge is 0.497 e. The van der Waals surface area contributed by atoms with E-state index in [2.05, 4.69) is 15.5 Å². The van der Waals surface area contributed by atoms with E-state index < -0.39 is 0 Å². The van der Waals surface area contributed by atoms with Gasteiger partial charge in [-0.15, -0.1) is 10.2 Å². The number of nitrogens with one attached hydrogen (secondary N) is 1. The predicted octanol–water partition coefficient (Wildman–Crippen LogP) is 4.50. The lowest BCUT2D eigenvalue weighted by Crippen LogP contribution is -2.40. The SMILES string of the molecule is CCC(C)N(CCC(=O)Nc1nnc(-c2ccc(OC)cc2)s1)C(=O)c1ccc(OC)cc1OC. The Labute approximate surface area is 209 Å². The van der Waals surface area contributed by atoms with Crippen molar-refractivity contribution in [2.75, 3.05) is 33.2 Å². The lowest BCUT2D eigenvalue weighted by Gasteiger charge is -2.29. The fraction of sp³-hybridized carbons (Fsp3) is 0.360. The van der Waals surface area contributed by atoms with Crippen molar-refractivity contribution in [3.8, 4) is 27.8 Å². The normalized spacial score (nSPS) is 11.5. The number of amides is 2. The summed E-state index contributed by atoms with van der Waals surface area (Å²) in [7, 11) is 4.67. The molecule has 3 aromatic rings. The second kappa shape index (κ2) is 12.2. The van der Waals surface area contributed by atoms with Gasteiger partial charge in [-0.2, -0.15) is 0 Å². The van der Waals surface area contributed by atoms with E-state index >= 15 is 0 Å². The van der Waals surface area contributed by atoms with Gasteiger partial charge >= 0.3 is 0 Å². The molecule has 0 spiro atoms. The van der Waals surface area contributed by atoms with Gasteiger partial charge in [-0.3, -0.25) is 9.59 Å². The Hall–Kier alpha value is -3.66. The number of carbonyl (C=O) groups is 2. The summed E-state index contributed by atoms with van der Waals surface area (Å²) < 4.78 is 15.8. The van der Waals surface area contributed by atoms with Gasteiger partial charge in [0.1, 0.15) is 22.3 Å². The molecule has 186 valence electrons. The Morgan fingerprint density at radius 1 is 1.00 bits per heavy atom. The van der Waals surface area contributed by atoms with Gasteiger partial charge in [0, 0.05) is 30.6 Å². The zero-order chi connectivity index (χ0) is 25.4. The summed E-state index contributed by atoms with van der Waals surface area (Å²) in [6, 6.07) is 12.4. The first-order valence-electron chi connectivity index (χ1n) is 11.2. The first-order chi connectivity index (χ1) is 16.9. The molecule has 1 unspecified atom stereocenters. The van der Waals surface area contributed by atoms with E-state index in [1.165, 1.54) is 18.4 Å². The van der Waals surface area contributed by atoms with Crippen LogP contribution in [0.25, 0.3) is 10.6 Å². The molecule has 2 amide bonds. The van der Waals surface area contributed by atoms with Gasteiger partial charge < -0.3 is 24.4 Å². The van der Waals surface area contributed by atoms with Crippen molar-refractivity contribution < 1.29 is 23.8 Å². The molecule has 0 radical (unpaired) electrons. The van der Waals surface area contributed by atoms with E-state index in [4.69, 9.17) is 14.2 Å². The fourth-order valence-corrected chi connectivity index (χ4v) is 4.17. The van der Waals surface area contributed by atoms with Crippen molar-refractivity contribution in [1.82, 2.24) is 15.1 Å². The monoisotopic (exact) mass is 498 g/mol. The summed E-state index contributed by atoms with van der Waals surface area (Å²) in [6.07, 6.45) is 0.861. The van der Waals surface area contributed by atoms with Crippen LogP contribution in [0.5, 0.6) is 17.2 Å². The molecule has 0 bridgehead atoms. The zero-order valence-electron chi connectivity index (χ0n) is 20.5. The van der Waals surface area contributed by atoms with Gasteiger partial charge in [0.2, 0.25) is 11.0 Å². The van der Waals surface area contributed by atoms with Gasteiger partial charge in [-0.25, -0.2) is 0 Å². The maximum atomic E-state index is 13.3. The predicted molar refractivity (Wildman–Crippen MR) is 135 cm³/mol. The highest BCUT2D eigenvalue weighted by Gasteiger charge is 2.24. The number of benzene rings is 2. The number of ether oxygens (including phenoxy) is 3. The third-order valence-corrected chi connectivity index (χ3v) is 6.50. The molecule has 9 nitrogen and oxygen atoms in total. The molecular weight excluding hydrogens is 468 g/mol. The molecule has 0 saturated carbocycles. The molecule has 1 aromatic heterocycles. The zero-order valence-corrected chi connectivity index (χ0v) is 21.3. The lowest BCUT2D eigenvalue weighted by atomic mass is 10.1. The van der Waals surface area contributed by atoms with Crippen LogP contribution in [-0.4, -0.2) is 60.8 Å². The number of hydrogen-bond acceptors (Lipinski definition) is 8. The van der Waals surface area contributed by atoms with E-state index in [1.807, 2.05) is 38.1 Å². The van der Waals surface area contributed by atoms with Crippen molar-refractivity contribution >= 4 is 28.3 Å². The van der Waals surface area contributed by atoms with Crippen LogP contribution in [0, 0.1) is 0 Å². The van der Waals surface area contributed by atoms with Crippen LogP contribution < -0.4 is 19.5 Å². The topological polar surface area (TPSA) is 103 Å². The molecule has 0 aliphatic heterocycles. The van der Waals surface area contributed by atoms with Gasteiger partial charge in [-0.05, 0) is 49.7 Å². The first-order valence-corrected chi connectivity index (χ1v) is 12.0. The molecule has 3 rings (SSSR count). The number of anilines is 1. The quantitative estimate of drug-likeness (QED) is 0.415. The van der Waals surface area contributed by atoms with Crippen LogP contribution in [0.1, 0.15) is 37.0 Å². The molecule has 35 heavy (non-hydrogen) atoms. The van der Waals surface area contributed by atoms with Crippen molar-refractivity contribution in [2.45, 2.75) is 32.7 Å². The number of aromatic nitrogens is 2. The average Bonchev–Trinajstić information content (AvgIpc) is 3.36. The van der Waals surface area contributed by atoms with Crippen LogP contribution in [0.15, 0.2) is 42.5 Å². The van der Waals surface area contributed by atoms with Crippen LogP contribution in [-0.2, 0) is 4.79 Å². The van der Waals surface area contributed by atoms with Crippen molar-refractivity contribution in [3.05, 3.63) is 48.0 Å². The van der Waals surface area contributed by atoms with Gasteiger partial charge in [0.25, 0.3) is 5.91 Å². The summed E-state index contributed by atoms with van der Waals surface area (Å²) in [6.45, 7) is 4.20. The molecular formula is C25H30N4O5S. The summed E-state index contributed by atoms with van der Waals surface area (Å²) in [5, 5.41) is 12.1. The highest BCUT2D eigenvalue weighted by atomic mass is 32.1. The van der Waals surface area contributed by atoms with Crippen molar-refractivity contribution in [2.24, 2.45) is 0 Å². The van der Waals surface area contributed by atoms with Crippen LogP contribution >= 0.6 is 11.3 Å². The second-order valence-electron chi connectivity index (χ2n) is 7.76. The molecule has 1 N–H and O–H groups in total. The number of nitrogens with zero attached hydrogens (tertiary/aromatic N) is 3. The molecule has 2 aromatic carbocycles. The fourth-order valence-electron chi connectivity index (χ4n) is 3.40. The highest BCUT2D eigenvalue weighted by Crippen LogP contribution is 2.29. The molecule has 1 heterocycles. The minimum atomic E-state index is -0.245. The van der Waals surface area contributed by atoms with E-state index in [1.54, 1.807) is 37.3 Å². The van der Waals surface area contributed by atoms with E-state index in [0.717, 1.165) is 17.7 Å². The second-order valence-corrected chi connectivity index (χ2v) is 8.74. The van der Waals surface area contributed by atoms with Crippen LogP contribution in [0.3, 0.4) is 0 Å². The third kappa shape index (κ3) is 6.48. The summed E-state index contributed by atoms with van der Waals surface area (Å²) in [4.78, 5) is 27.7. The Kier molecular flexibility index (Phi) is 9.02. The summed E-state index contributed by atoms with van der Waals surface area (Å²) in [5.74, 6) is 1.32. The molecule has 0 aliphatic carbocycles. The first kappa shape index (κ1) is 26.0. The van der Waals surface area contributed by atoms with Gasteiger partial charge in [0.05, 0.1) is 26.9 Å². The minimum Gasteiger partial charge on any atom is -0.497 e. The Morgan fingerprint density at radius 3 is 2.31 bits per heavy atom. The maximum absolute atomic E-state index is 13.3. The van der Waals surface area contributed by atoms with E-state index in [9.17, 15) is 9.59 Å². The third-order valence-electron chi connectivity index (χ3n) is 5.61. The Bertz CT molecular complexity index is 1150. The molecule has 0 saturated heterocycles. The number of methoxy groups -OCH3 is 3. The van der Waals surface area contributed by atoms with E-state index in [-0.39, 0.29) is 30.8 Å². The minimum absolute atomic E-state index is 0.0645. The Morgan fingerprint density at radius 2 is 1.69 bits per heavy atom. The van der Waals surface area contributed by atoms with Crippen molar-refractivity contribution in [1.29, 1.82) is 0 Å². The smallest absolute Gasteiger partial charge is 0.257 e. The molecule has 0 fully saturated rings. The maximum Gasteiger partial charge on any atom is 0.257 e. The number of rotatable bonds is 11. The Balaban J connectivity index is 1.66. The van der Waals surface area contributed by atoms with E-state index in [0.29, 0.717) is 27.2 Å². The summed E-state index contributed by atoms with van der Waals surface area (Å²) in [5.41, 5.74) is 1.30. The van der Waals surface area contributed by atoms with Gasteiger partial charge in [0.15, 0.2) is 0 Å².